The summed E-state index contributed by atoms with van der Waals surface area (Å²) in [6.07, 6.45) is 2.55. The lowest BCUT2D eigenvalue weighted by molar-refractivity contribution is -0.403. The van der Waals surface area contributed by atoms with Crippen molar-refractivity contribution in [3.63, 3.8) is 0 Å². The lowest BCUT2D eigenvalue weighted by Crippen LogP contribution is -2.37. The Kier molecular flexibility index (Phi) is 1.72. The molecule has 10 heavy (non-hydrogen) atoms. The Morgan fingerprint density at radius 2 is 2.30 bits per heavy atom. The summed E-state index contributed by atoms with van der Waals surface area (Å²) in [7, 11) is 0. The maximum Gasteiger partial charge on any atom is 0.231 e. The zero-order valence-electron chi connectivity index (χ0n) is 5.74. The Morgan fingerprint density at radius 3 is 2.60 bits per heavy atom. The van der Waals surface area contributed by atoms with Gasteiger partial charge in [0.1, 0.15) is 0 Å². The average Bonchev–Trinajstić information content (AvgIpc) is 1.79. The van der Waals surface area contributed by atoms with Crippen LogP contribution in [0.1, 0.15) is 6.92 Å². The first kappa shape index (κ1) is 7.21. The van der Waals surface area contributed by atoms with E-state index in [4.69, 9.17) is 4.74 Å². The Hall–Kier alpha value is -0.900. The quantitative estimate of drug-likeness (QED) is 0.424. The molecular weight excluding hydrogens is 134 g/mol. The smallest absolute Gasteiger partial charge is 0.231 e. The van der Waals surface area contributed by atoms with Gasteiger partial charge in [-0.05, 0) is 6.08 Å². The molecule has 56 valence electrons. The van der Waals surface area contributed by atoms with E-state index in [0.29, 0.717) is 13.2 Å². The van der Waals surface area contributed by atoms with Crippen LogP contribution in [0.4, 0.5) is 0 Å². The molecule has 0 unspecified atom stereocenters. The summed E-state index contributed by atoms with van der Waals surface area (Å²) in [5, 5.41) is 9.86. The molecule has 0 atom stereocenters. The van der Waals surface area contributed by atoms with Crippen LogP contribution in [0.3, 0.4) is 0 Å². The summed E-state index contributed by atoms with van der Waals surface area (Å²) in [5.41, 5.74) is -0.0902. The first-order valence-corrected chi connectivity index (χ1v) is 3.03. The van der Waals surface area contributed by atoms with Crippen LogP contribution in [-0.4, -0.2) is 18.1 Å². The second-order valence-corrected chi connectivity index (χ2v) is 2.75. The highest BCUT2D eigenvalue weighted by molar-refractivity contribution is 4.98. The van der Waals surface area contributed by atoms with Crippen molar-refractivity contribution >= 4 is 0 Å². The van der Waals surface area contributed by atoms with Crippen molar-refractivity contribution in [2.24, 2.45) is 5.41 Å². The van der Waals surface area contributed by atoms with Gasteiger partial charge in [-0.25, -0.2) is 0 Å². The third-order valence-electron chi connectivity index (χ3n) is 1.46. The van der Waals surface area contributed by atoms with E-state index in [1.807, 2.05) is 6.92 Å². The van der Waals surface area contributed by atoms with E-state index >= 15 is 0 Å². The number of hydrogen-bond donors (Lipinski definition) is 0. The monoisotopic (exact) mass is 143 g/mol. The molecule has 0 amide bonds. The molecule has 0 aromatic carbocycles. The van der Waals surface area contributed by atoms with Gasteiger partial charge in [0.05, 0.1) is 18.1 Å². The van der Waals surface area contributed by atoms with Crippen molar-refractivity contribution in [3.8, 4) is 0 Å². The highest BCUT2D eigenvalue weighted by Gasteiger charge is 2.31. The molecule has 0 aliphatic carbocycles. The van der Waals surface area contributed by atoms with Crippen molar-refractivity contribution < 1.29 is 9.66 Å². The standard InChI is InChI=1S/C6H9NO3/c1-6(4-10-5-6)2-3-7(8)9/h2-3H,4-5H2,1H3/b3-2+. The van der Waals surface area contributed by atoms with Gasteiger partial charge in [-0.15, -0.1) is 0 Å². The topological polar surface area (TPSA) is 52.4 Å². The second kappa shape index (κ2) is 2.38. The van der Waals surface area contributed by atoms with Gasteiger partial charge in [-0.2, -0.15) is 0 Å². The maximum absolute atomic E-state index is 9.86. The van der Waals surface area contributed by atoms with E-state index < -0.39 is 4.92 Å². The van der Waals surface area contributed by atoms with Gasteiger partial charge in [0.15, 0.2) is 0 Å². The summed E-state index contributed by atoms with van der Waals surface area (Å²) in [5.74, 6) is 0. The van der Waals surface area contributed by atoms with Crippen molar-refractivity contribution in [1.82, 2.24) is 0 Å². The van der Waals surface area contributed by atoms with Gasteiger partial charge in [0.2, 0.25) is 6.20 Å². The van der Waals surface area contributed by atoms with E-state index in [0.717, 1.165) is 6.20 Å². The minimum atomic E-state index is -0.455. The molecular formula is C6H9NO3. The third-order valence-corrected chi connectivity index (χ3v) is 1.46. The summed E-state index contributed by atoms with van der Waals surface area (Å²) in [6.45, 7) is 3.12. The predicted octanol–water partition coefficient (Wildman–Crippen LogP) is 0.813. The number of nitrogens with zero attached hydrogens (tertiary/aromatic N) is 1. The fourth-order valence-electron chi connectivity index (χ4n) is 0.761. The largest absolute Gasteiger partial charge is 0.379 e. The first-order chi connectivity index (χ1) is 4.62. The fraction of sp³-hybridized carbons (Fsp3) is 0.667. The van der Waals surface area contributed by atoms with Crippen LogP contribution in [0, 0.1) is 15.5 Å². The van der Waals surface area contributed by atoms with Crippen LogP contribution in [0.5, 0.6) is 0 Å². The summed E-state index contributed by atoms with van der Waals surface area (Å²) < 4.78 is 4.90. The van der Waals surface area contributed by atoms with Crippen LogP contribution >= 0.6 is 0 Å². The lowest BCUT2D eigenvalue weighted by atomic mass is 9.89. The minimum Gasteiger partial charge on any atom is -0.379 e. The van der Waals surface area contributed by atoms with Crippen molar-refractivity contribution in [3.05, 3.63) is 22.4 Å². The Bertz CT molecular complexity index is 172. The molecule has 0 aromatic rings. The minimum absolute atomic E-state index is 0.0902. The number of ether oxygens (including phenoxy) is 1. The molecule has 4 nitrogen and oxygen atoms in total. The Morgan fingerprint density at radius 1 is 1.70 bits per heavy atom. The normalized spacial score (nSPS) is 22.5. The zero-order chi connectivity index (χ0) is 7.61. The molecule has 1 rings (SSSR count). The van der Waals surface area contributed by atoms with Crippen LogP contribution < -0.4 is 0 Å². The van der Waals surface area contributed by atoms with E-state index in [2.05, 4.69) is 0 Å². The van der Waals surface area contributed by atoms with E-state index in [1.54, 1.807) is 6.08 Å². The molecule has 1 aliphatic heterocycles. The average molecular weight is 143 g/mol. The highest BCUT2D eigenvalue weighted by Crippen LogP contribution is 2.27. The summed E-state index contributed by atoms with van der Waals surface area (Å²) in [6, 6.07) is 0. The van der Waals surface area contributed by atoms with Crippen molar-refractivity contribution in [1.29, 1.82) is 0 Å². The van der Waals surface area contributed by atoms with Crippen molar-refractivity contribution in [2.75, 3.05) is 13.2 Å². The summed E-state index contributed by atoms with van der Waals surface area (Å²) >= 11 is 0. The molecule has 1 saturated heterocycles. The van der Waals surface area contributed by atoms with Gasteiger partial charge in [-0.1, -0.05) is 6.92 Å². The molecule has 4 heteroatoms. The maximum atomic E-state index is 9.86. The molecule has 0 spiro atoms. The van der Waals surface area contributed by atoms with Crippen LogP contribution in [-0.2, 0) is 4.74 Å². The van der Waals surface area contributed by atoms with Gasteiger partial charge in [0, 0.05) is 5.41 Å². The molecule has 1 aliphatic rings. The van der Waals surface area contributed by atoms with Crippen LogP contribution in [0.25, 0.3) is 0 Å². The lowest BCUT2D eigenvalue weighted by Gasteiger charge is -2.34. The molecule has 0 saturated carbocycles. The number of rotatable bonds is 2. The van der Waals surface area contributed by atoms with Gasteiger partial charge in [-0.3, -0.25) is 10.1 Å². The van der Waals surface area contributed by atoms with E-state index in [9.17, 15) is 10.1 Å². The van der Waals surface area contributed by atoms with Gasteiger partial charge < -0.3 is 4.74 Å². The zero-order valence-corrected chi connectivity index (χ0v) is 5.74. The molecule has 0 aromatic heterocycles. The molecule has 0 radical (unpaired) electrons. The number of hydrogen-bond acceptors (Lipinski definition) is 3. The van der Waals surface area contributed by atoms with E-state index in [-0.39, 0.29) is 5.41 Å². The highest BCUT2D eigenvalue weighted by atomic mass is 16.6. The Balaban J connectivity index is 2.43. The van der Waals surface area contributed by atoms with Crippen LogP contribution in [0.15, 0.2) is 12.3 Å². The van der Waals surface area contributed by atoms with E-state index in [1.165, 1.54) is 0 Å². The van der Waals surface area contributed by atoms with Gasteiger partial charge in [0.25, 0.3) is 0 Å². The third kappa shape index (κ3) is 1.54. The first-order valence-electron chi connectivity index (χ1n) is 3.03. The predicted molar refractivity (Wildman–Crippen MR) is 35.1 cm³/mol. The Labute approximate surface area is 58.6 Å². The molecule has 1 fully saturated rings. The van der Waals surface area contributed by atoms with Crippen LogP contribution in [0.2, 0.25) is 0 Å². The van der Waals surface area contributed by atoms with Crippen molar-refractivity contribution in [2.45, 2.75) is 6.92 Å². The number of nitro groups is 1. The van der Waals surface area contributed by atoms with Gasteiger partial charge >= 0.3 is 0 Å². The fourth-order valence-corrected chi connectivity index (χ4v) is 0.761. The molecule has 0 N–H and O–H groups in total. The summed E-state index contributed by atoms with van der Waals surface area (Å²) in [4.78, 5) is 9.41. The molecule has 0 bridgehead atoms. The molecule has 1 heterocycles. The second-order valence-electron chi connectivity index (χ2n) is 2.75. The SMILES string of the molecule is CC1(/C=C/[N+](=O)[O-])COC1.